The minimum absolute atomic E-state index is 0.145. The number of benzene rings is 2. The monoisotopic (exact) mass is 385 g/mol. The summed E-state index contributed by atoms with van der Waals surface area (Å²) in [6.07, 6.45) is 5.26. The highest BCUT2D eigenvalue weighted by molar-refractivity contribution is 5.83. The smallest absolute Gasteiger partial charge is 0.227 e. The summed E-state index contributed by atoms with van der Waals surface area (Å²) in [7, 11) is 1.75. The maximum atomic E-state index is 12.9. The van der Waals surface area contributed by atoms with E-state index in [-0.39, 0.29) is 11.3 Å². The Morgan fingerprint density at radius 2 is 1.66 bits per heavy atom. The summed E-state index contributed by atoms with van der Waals surface area (Å²) < 4.78 is 0. The molecule has 1 amide bonds. The van der Waals surface area contributed by atoms with Crippen LogP contribution in [-0.2, 0) is 17.8 Å². The number of nitrogens with one attached hydrogen (secondary N) is 1. The van der Waals surface area contributed by atoms with Gasteiger partial charge in [-0.05, 0) is 53.8 Å². The summed E-state index contributed by atoms with van der Waals surface area (Å²) in [6.45, 7) is 2.62. The number of nitrogens with zero attached hydrogens (tertiary/aromatic N) is 2. The van der Waals surface area contributed by atoms with E-state index >= 15 is 0 Å². The number of carbonyl (C=O) groups is 1. The van der Waals surface area contributed by atoms with Crippen LogP contribution in [0, 0.1) is 5.41 Å². The largest absolute Gasteiger partial charge is 0.359 e. The Bertz CT molecular complexity index is 941. The van der Waals surface area contributed by atoms with Crippen molar-refractivity contribution in [2.45, 2.75) is 19.4 Å². The van der Waals surface area contributed by atoms with Gasteiger partial charge in [0.2, 0.25) is 5.91 Å². The van der Waals surface area contributed by atoms with E-state index in [0.717, 1.165) is 38.0 Å². The Balaban J connectivity index is 1.50. The van der Waals surface area contributed by atoms with Gasteiger partial charge in [-0.2, -0.15) is 0 Å². The lowest BCUT2D eigenvalue weighted by Crippen LogP contribution is -2.43. The Morgan fingerprint density at radius 1 is 0.966 bits per heavy atom. The molecule has 0 spiro atoms. The predicted octanol–water partition coefficient (Wildman–Crippen LogP) is 3.93. The summed E-state index contributed by atoms with van der Waals surface area (Å²) in [5.74, 6) is 0.145. The highest BCUT2D eigenvalue weighted by atomic mass is 16.2. The number of likely N-dealkylation sites (tertiary alicyclic amines) is 1. The first kappa shape index (κ1) is 19.3. The minimum atomic E-state index is -0.373. The second-order valence-corrected chi connectivity index (χ2v) is 7.92. The van der Waals surface area contributed by atoms with Gasteiger partial charge >= 0.3 is 0 Å². The quantitative estimate of drug-likeness (QED) is 0.699. The van der Waals surface area contributed by atoms with Crippen molar-refractivity contribution in [2.75, 3.05) is 20.1 Å². The molecule has 1 N–H and O–H groups in total. The normalized spacial score (nSPS) is 19.2. The van der Waals surface area contributed by atoms with Crippen LogP contribution in [0.25, 0.3) is 11.1 Å². The Labute approximate surface area is 172 Å². The number of hydrogen-bond donors (Lipinski definition) is 1. The Hall–Kier alpha value is -2.98. The van der Waals surface area contributed by atoms with E-state index in [1.807, 2.05) is 30.6 Å². The first-order chi connectivity index (χ1) is 14.2. The van der Waals surface area contributed by atoms with Gasteiger partial charge in [0.1, 0.15) is 0 Å². The first-order valence-electron chi connectivity index (χ1n) is 10.2. The zero-order valence-electron chi connectivity index (χ0n) is 16.8. The molecule has 1 aliphatic heterocycles. The number of carbonyl (C=O) groups excluding carboxylic acids is 1. The molecule has 4 rings (SSSR count). The molecule has 1 saturated heterocycles. The molecule has 0 saturated carbocycles. The van der Waals surface area contributed by atoms with Crippen LogP contribution >= 0.6 is 0 Å². The van der Waals surface area contributed by atoms with Gasteiger partial charge in [-0.15, -0.1) is 0 Å². The van der Waals surface area contributed by atoms with Crippen LogP contribution in [-0.4, -0.2) is 35.9 Å². The van der Waals surface area contributed by atoms with Crippen molar-refractivity contribution in [3.05, 3.63) is 90.3 Å². The van der Waals surface area contributed by atoms with Crippen molar-refractivity contribution in [1.29, 1.82) is 0 Å². The standard InChI is InChI=1S/C25H27N3O/c1-26-24(29)25(13-16-28(19-25)18-21-5-3-2-4-6-21)17-20-7-9-22(10-8-20)23-11-14-27-15-12-23/h2-12,14-15H,13,16-19H2,1H3,(H,26,29). The van der Waals surface area contributed by atoms with E-state index in [0.29, 0.717) is 0 Å². The van der Waals surface area contributed by atoms with Crippen LogP contribution in [0.5, 0.6) is 0 Å². The summed E-state index contributed by atoms with van der Waals surface area (Å²) in [5, 5.41) is 2.92. The van der Waals surface area contributed by atoms with Gasteiger partial charge in [-0.25, -0.2) is 0 Å². The van der Waals surface area contributed by atoms with Gasteiger partial charge < -0.3 is 5.32 Å². The molecule has 0 bridgehead atoms. The molecule has 1 atom stereocenters. The first-order valence-corrected chi connectivity index (χ1v) is 10.2. The predicted molar refractivity (Wildman–Crippen MR) is 116 cm³/mol. The lowest BCUT2D eigenvalue weighted by molar-refractivity contribution is -0.130. The number of rotatable bonds is 6. The number of aromatic nitrogens is 1. The molecule has 4 nitrogen and oxygen atoms in total. The fourth-order valence-corrected chi connectivity index (χ4v) is 4.36. The number of pyridine rings is 1. The SMILES string of the molecule is CNC(=O)C1(Cc2ccc(-c3ccncc3)cc2)CCN(Cc2ccccc2)C1. The lowest BCUT2D eigenvalue weighted by Gasteiger charge is -2.28. The highest BCUT2D eigenvalue weighted by Crippen LogP contribution is 2.36. The van der Waals surface area contributed by atoms with Crippen LogP contribution < -0.4 is 5.32 Å². The van der Waals surface area contributed by atoms with Crippen LogP contribution in [0.4, 0.5) is 0 Å². The average Bonchev–Trinajstić information content (AvgIpc) is 3.18. The Kier molecular flexibility index (Phi) is 5.72. The molecule has 0 aliphatic carbocycles. The molecule has 148 valence electrons. The topological polar surface area (TPSA) is 45.2 Å². The van der Waals surface area contributed by atoms with Gasteiger partial charge in [0.05, 0.1) is 5.41 Å². The van der Waals surface area contributed by atoms with Crippen molar-refractivity contribution in [3.8, 4) is 11.1 Å². The number of hydrogen-bond acceptors (Lipinski definition) is 3. The van der Waals surface area contributed by atoms with E-state index in [9.17, 15) is 4.79 Å². The van der Waals surface area contributed by atoms with E-state index in [1.54, 1.807) is 7.05 Å². The zero-order valence-corrected chi connectivity index (χ0v) is 16.8. The van der Waals surface area contributed by atoms with Crippen LogP contribution in [0.2, 0.25) is 0 Å². The third-order valence-electron chi connectivity index (χ3n) is 5.90. The molecule has 1 unspecified atom stereocenters. The van der Waals surface area contributed by atoms with Crippen LogP contribution in [0.15, 0.2) is 79.1 Å². The van der Waals surface area contributed by atoms with E-state index in [1.165, 1.54) is 16.7 Å². The minimum Gasteiger partial charge on any atom is -0.359 e. The van der Waals surface area contributed by atoms with Crippen LogP contribution in [0.3, 0.4) is 0 Å². The molecule has 2 heterocycles. The summed E-state index contributed by atoms with van der Waals surface area (Å²) in [4.78, 5) is 19.4. The van der Waals surface area contributed by atoms with Gasteiger partial charge in [0.25, 0.3) is 0 Å². The molecule has 1 aliphatic rings. The lowest BCUT2D eigenvalue weighted by atomic mass is 9.79. The maximum absolute atomic E-state index is 12.9. The molecule has 2 aromatic carbocycles. The zero-order chi connectivity index (χ0) is 20.1. The fraction of sp³-hybridized carbons (Fsp3) is 0.280. The maximum Gasteiger partial charge on any atom is 0.227 e. The Morgan fingerprint density at radius 3 is 2.34 bits per heavy atom. The molecule has 3 aromatic rings. The van der Waals surface area contributed by atoms with Crippen molar-refractivity contribution >= 4 is 5.91 Å². The van der Waals surface area contributed by atoms with Crippen molar-refractivity contribution < 1.29 is 4.79 Å². The molecule has 4 heteroatoms. The fourth-order valence-electron chi connectivity index (χ4n) is 4.36. The van der Waals surface area contributed by atoms with Gasteiger partial charge in [-0.3, -0.25) is 14.7 Å². The third kappa shape index (κ3) is 4.38. The summed E-state index contributed by atoms with van der Waals surface area (Å²) in [5.41, 5.74) is 4.45. The van der Waals surface area contributed by atoms with Crippen LogP contribution in [0.1, 0.15) is 17.5 Å². The highest BCUT2D eigenvalue weighted by Gasteiger charge is 2.43. The second-order valence-electron chi connectivity index (χ2n) is 7.92. The molecule has 1 fully saturated rings. The summed E-state index contributed by atoms with van der Waals surface area (Å²) >= 11 is 0. The van der Waals surface area contributed by atoms with Gasteiger partial charge in [-0.1, -0.05) is 54.6 Å². The van der Waals surface area contributed by atoms with Gasteiger partial charge in [0.15, 0.2) is 0 Å². The summed E-state index contributed by atoms with van der Waals surface area (Å²) in [6, 6.07) is 23.1. The van der Waals surface area contributed by atoms with Crippen molar-refractivity contribution in [2.24, 2.45) is 5.41 Å². The molecular weight excluding hydrogens is 358 g/mol. The third-order valence-corrected chi connectivity index (χ3v) is 5.90. The molecule has 29 heavy (non-hydrogen) atoms. The van der Waals surface area contributed by atoms with Crippen molar-refractivity contribution in [1.82, 2.24) is 15.2 Å². The second kappa shape index (κ2) is 8.58. The van der Waals surface area contributed by atoms with E-state index in [4.69, 9.17) is 0 Å². The van der Waals surface area contributed by atoms with Gasteiger partial charge in [0, 0.05) is 32.5 Å². The van der Waals surface area contributed by atoms with E-state index < -0.39 is 0 Å². The number of amides is 1. The van der Waals surface area contributed by atoms with E-state index in [2.05, 4.69) is 63.7 Å². The molecule has 1 aromatic heterocycles. The molecular formula is C25H27N3O. The average molecular weight is 386 g/mol. The van der Waals surface area contributed by atoms with Crippen molar-refractivity contribution in [3.63, 3.8) is 0 Å². The molecule has 0 radical (unpaired) electrons.